The zero-order valence-electron chi connectivity index (χ0n) is 14.9. The minimum absolute atomic E-state index is 0.0674. The smallest absolute Gasteiger partial charge is 0.254 e. The first-order valence-corrected chi connectivity index (χ1v) is 9.83. The molecule has 1 atom stereocenters. The van der Waals surface area contributed by atoms with Crippen LogP contribution in [0.3, 0.4) is 0 Å². The molecule has 136 valence electrons. The van der Waals surface area contributed by atoms with Crippen LogP contribution in [0.4, 0.5) is 0 Å². The van der Waals surface area contributed by atoms with Gasteiger partial charge in [-0.05, 0) is 49.1 Å². The average Bonchev–Trinajstić information content (AvgIpc) is 2.72. The summed E-state index contributed by atoms with van der Waals surface area (Å²) in [4.78, 5) is 30.9. The number of piperidine rings is 1. The maximum atomic E-state index is 12.9. The van der Waals surface area contributed by atoms with Crippen molar-refractivity contribution < 1.29 is 9.59 Å². The normalized spacial score (nSPS) is 17.0. The van der Waals surface area contributed by atoms with Crippen LogP contribution in [0.2, 0.25) is 0 Å². The van der Waals surface area contributed by atoms with Gasteiger partial charge in [-0.2, -0.15) is 0 Å². The number of amides is 2. The van der Waals surface area contributed by atoms with Crippen LogP contribution < -0.4 is 5.32 Å². The number of likely N-dealkylation sites (tertiary alicyclic amines) is 1. The van der Waals surface area contributed by atoms with E-state index in [9.17, 15) is 9.59 Å². The number of rotatable bonds is 5. The number of hydrogen-bond acceptors (Lipinski definition) is 4. The van der Waals surface area contributed by atoms with Gasteiger partial charge in [0.1, 0.15) is 6.04 Å². The zero-order valence-corrected chi connectivity index (χ0v) is 15.7. The predicted octanol–water partition coefficient (Wildman–Crippen LogP) is 3.11. The van der Waals surface area contributed by atoms with Crippen molar-refractivity contribution in [3.63, 3.8) is 0 Å². The van der Waals surface area contributed by atoms with E-state index < -0.39 is 0 Å². The summed E-state index contributed by atoms with van der Waals surface area (Å²) < 4.78 is 0. The third-order valence-electron chi connectivity index (χ3n) is 4.54. The summed E-state index contributed by atoms with van der Waals surface area (Å²) >= 11 is 1.66. The molecule has 1 aromatic carbocycles. The van der Waals surface area contributed by atoms with Crippen LogP contribution in [0, 0.1) is 0 Å². The lowest BCUT2D eigenvalue weighted by Gasteiger charge is -2.34. The third kappa shape index (κ3) is 4.43. The second-order valence-electron chi connectivity index (χ2n) is 6.28. The number of nitrogens with zero attached hydrogens (tertiary/aromatic N) is 2. The molecule has 0 bridgehead atoms. The van der Waals surface area contributed by atoms with Crippen molar-refractivity contribution in [2.45, 2.75) is 36.1 Å². The second kappa shape index (κ2) is 8.85. The van der Waals surface area contributed by atoms with Crippen molar-refractivity contribution in [3.05, 3.63) is 59.8 Å². The molecule has 6 heteroatoms. The SMILES string of the molecule is CNC(=O)[C@@H]1CCCCN1C(=O)c1ccc(CSc2ccccn2)cc1. The maximum Gasteiger partial charge on any atom is 0.254 e. The second-order valence-corrected chi connectivity index (χ2v) is 7.27. The van der Waals surface area contributed by atoms with E-state index in [1.165, 1.54) is 0 Å². The number of hydrogen-bond donors (Lipinski definition) is 1. The molecule has 0 unspecified atom stereocenters. The van der Waals surface area contributed by atoms with Crippen molar-refractivity contribution in [2.24, 2.45) is 0 Å². The Morgan fingerprint density at radius 2 is 2.00 bits per heavy atom. The minimum atomic E-state index is -0.361. The molecular formula is C20H23N3O2S. The lowest BCUT2D eigenvalue weighted by molar-refractivity contribution is -0.126. The van der Waals surface area contributed by atoms with Gasteiger partial charge in [-0.3, -0.25) is 9.59 Å². The molecule has 1 aliphatic heterocycles. The Morgan fingerprint density at radius 3 is 2.69 bits per heavy atom. The van der Waals surface area contributed by atoms with Gasteiger partial charge < -0.3 is 10.2 Å². The van der Waals surface area contributed by atoms with Crippen LogP contribution in [0.1, 0.15) is 35.2 Å². The number of benzene rings is 1. The van der Waals surface area contributed by atoms with Gasteiger partial charge in [-0.25, -0.2) is 4.98 Å². The number of likely N-dealkylation sites (N-methyl/N-ethyl adjacent to an activating group) is 1. The fourth-order valence-electron chi connectivity index (χ4n) is 3.11. The summed E-state index contributed by atoms with van der Waals surface area (Å²) in [5.41, 5.74) is 1.77. The van der Waals surface area contributed by atoms with Crippen molar-refractivity contribution in [3.8, 4) is 0 Å². The van der Waals surface area contributed by atoms with Gasteiger partial charge in [-0.15, -0.1) is 11.8 Å². The predicted molar refractivity (Wildman–Crippen MR) is 103 cm³/mol. The van der Waals surface area contributed by atoms with Crippen LogP contribution in [0.15, 0.2) is 53.7 Å². The van der Waals surface area contributed by atoms with Crippen molar-refractivity contribution in [2.75, 3.05) is 13.6 Å². The molecule has 2 aromatic rings. The molecular weight excluding hydrogens is 346 g/mol. The van der Waals surface area contributed by atoms with E-state index in [2.05, 4.69) is 10.3 Å². The van der Waals surface area contributed by atoms with Gasteiger partial charge in [0.25, 0.3) is 5.91 Å². The number of nitrogens with one attached hydrogen (secondary N) is 1. The summed E-state index contributed by atoms with van der Waals surface area (Å²) in [6, 6.07) is 13.1. The molecule has 2 amide bonds. The molecule has 1 N–H and O–H groups in total. The Labute approximate surface area is 158 Å². The van der Waals surface area contributed by atoms with Gasteiger partial charge in [0.05, 0.1) is 5.03 Å². The van der Waals surface area contributed by atoms with Gasteiger partial charge in [-0.1, -0.05) is 18.2 Å². The minimum Gasteiger partial charge on any atom is -0.357 e. The number of aromatic nitrogens is 1. The molecule has 1 saturated heterocycles. The summed E-state index contributed by atoms with van der Waals surface area (Å²) in [6.07, 6.45) is 4.43. The Bertz CT molecular complexity index is 749. The van der Waals surface area contributed by atoms with Crippen LogP contribution in [-0.4, -0.2) is 41.3 Å². The van der Waals surface area contributed by atoms with Crippen molar-refractivity contribution >= 4 is 23.6 Å². The Hall–Kier alpha value is -2.34. The highest BCUT2D eigenvalue weighted by molar-refractivity contribution is 7.98. The van der Waals surface area contributed by atoms with Crippen LogP contribution in [-0.2, 0) is 10.5 Å². The molecule has 0 spiro atoms. The van der Waals surface area contributed by atoms with Gasteiger partial charge >= 0.3 is 0 Å². The fourth-order valence-corrected chi connectivity index (χ4v) is 3.93. The molecule has 0 saturated carbocycles. The quantitative estimate of drug-likeness (QED) is 0.823. The number of thioether (sulfide) groups is 1. The van der Waals surface area contributed by atoms with E-state index in [0.717, 1.165) is 35.6 Å². The van der Waals surface area contributed by atoms with Crippen molar-refractivity contribution in [1.82, 2.24) is 15.2 Å². The zero-order chi connectivity index (χ0) is 18.4. The molecule has 26 heavy (non-hydrogen) atoms. The van der Waals surface area contributed by atoms with E-state index >= 15 is 0 Å². The molecule has 0 aliphatic carbocycles. The highest BCUT2D eigenvalue weighted by Crippen LogP contribution is 2.23. The van der Waals surface area contributed by atoms with Gasteiger partial charge in [0.2, 0.25) is 5.91 Å². The van der Waals surface area contributed by atoms with Crippen LogP contribution in [0.5, 0.6) is 0 Å². The molecule has 0 radical (unpaired) electrons. The molecule has 1 aliphatic rings. The third-order valence-corrected chi connectivity index (χ3v) is 5.55. The molecule has 1 fully saturated rings. The lowest BCUT2D eigenvalue weighted by Crippen LogP contribution is -2.51. The van der Waals surface area contributed by atoms with Crippen molar-refractivity contribution in [1.29, 1.82) is 0 Å². The average molecular weight is 369 g/mol. The topological polar surface area (TPSA) is 62.3 Å². The van der Waals surface area contributed by atoms with E-state index in [-0.39, 0.29) is 17.9 Å². The van der Waals surface area contributed by atoms with Crippen LogP contribution in [0.25, 0.3) is 0 Å². The summed E-state index contributed by atoms with van der Waals surface area (Å²) in [7, 11) is 1.62. The summed E-state index contributed by atoms with van der Waals surface area (Å²) in [6.45, 7) is 0.633. The maximum absolute atomic E-state index is 12.9. The number of carbonyl (C=O) groups is 2. The fraction of sp³-hybridized carbons (Fsp3) is 0.350. The lowest BCUT2D eigenvalue weighted by atomic mass is 10.00. The molecule has 1 aromatic heterocycles. The first-order valence-electron chi connectivity index (χ1n) is 8.84. The number of pyridine rings is 1. The molecule has 3 rings (SSSR count). The summed E-state index contributed by atoms with van der Waals surface area (Å²) in [5, 5.41) is 3.65. The molecule has 2 heterocycles. The Balaban J connectivity index is 1.65. The first kappa shape index (κ1) is 18.5. The standard InChI is InChI=1S/C20H23N3O2S/c1-21-19(24)17-6-3-5-13-23(17)20(25)16-10-8-15(9-11-16)14-26-18-7-2-4-12-22-18/h2,4,7-12,17H,3,5-6,13-14H2,1H3,(H,21,24)/t17-/m0/s1. The molecule has 5 nitrogen and oxygen atoms in total. The van der Waals surface area contributed by atoms with Gasteiger partial charge in [0, 0.05) is 31.1 Å². The monoisotopic (exact) mass is 369 g/mol. The summed E-state index contributed by atoms with van der Waals surface area (Å²) in [5.74, 6) is 0.652. The number of carbonyl (C=O) groups excluding carboxylic acids is 2. The first-order chi connectivity index (χ1) is 12.7. The Kier molecular flexibility index (Phi) is 6.28. The largest absolute Gasteiger partial charge is 0.357 e. The van der Waals surface area contributed by atoms with E-state index in [1.54, 1.807) is 29.9 Å². The highest BCUT2D eigenvalue weighted by Gasteiger charge is 2.31. The van der Waals surface area contributed by atoms with Crippen LogP contribution >= 0.6 is 11.8 Å². The van der Waals surface area contributed by atoms with Gasteiger partial charge in [0.15, 0.2) is 0 Å². The highest BCUT2D eigenvalue weighted by atomic mass is 32.2. The van der Waals surface area contributed by atoms with E-state index in [4.69, 9.17) is 0 Å². The van der Waals surface area contributed by atoms with E-state index in [0.29, 0.717) is 12.1 Å². The van der Waals surface area contributed by atoms with E-state index in [1.807, 2.05) is 42.5 Å². The Morgan fingerprint density at radius 1 is 1.19 bits per heavy atom.